The van der Waals surface area contributed by atoms with Crippen LogP contribution in [0.3, 0.4) is 0 Å². The Bertz CT molecular complexity index is 166. The smallest absolute Gasteiger partial charge is 0.0961 e. The van der Waals surface area contributed by atoms with Crippen LogP contribution >= 0.6 is 0 Å². The van der Waals surface area contributed by atoms with Crippen molar-refractivity contribution >= 4 is 0 Å². The Hall–Kier alpha value is -0.720. The zero-order valence-corrected chi connectivity index (χ0v) is 6.68. The number of rotatable bonds is 2. The molecule has 0 spiro atoms. The van der Waals surface area contributed by atoms with Crippen LogP contribution < -0.4 is 0 Å². The lowest BCUT2D eigenvalue weighted by atomic mass is 10.0. The van der Waals surface area contributed by atoms with Crippen LogP contribution in [-0.4, -0.2) is 7.11 Å². The summed E-state index contributed by atoms with van der Waals surface area (Å²) in [7, 11) is 1.74. The third-order valence-electron chi connectivity index (χ3n) is 1.81. The fraction of sp³-hybridized carbons (Fsp3) is 0.556. The minimum Gasteiger partial charge on any atom is -0.501 e. The third-order valence-corrected chi connectivity index (χ3v) is 1.81. The molecular formula is C9H14O. The Kier molecular flexibility index (Phi) is 2.55. The van der Waals surface area contributed by atoms with Gasteiger partial charge in [0.25, 0.3) is 0 Å². The summed E-state index contributed by atoms with van der Waals surface area (Å²) >= 11 is 0. The molecule has 0 aromatic rings. The topological polar surface area (TPSA) is 9.23 Å². The van der Waals surface area contributed by atoms with Gasteiger partial charge in [-0.25, -0.2) is 0 Å². The van der Waals surface area contributed by atoms with Gasteiger partial charge in [0, 0.05) is 6.42 Å². The molecule has 0 bridgehead atoms. The van der Waals surface area contributed by atoms with Gasteiger partial charge < -0.3 is 4.74 Å². The average molecular weight is 138 g/mol. The molecule has 0 N–H and O–H groups in total. The zero-order chi connectivity index (χ0) is 7.40. The molecule has 0 aromatic heterocycles. The maximum absolute atomic E-state index is 5.14. The van der Waals surface area contributed by atoms with E-state index >= 15 is 0 Å². The Labute approximate surface area is 62.4 Å². The van der Waals surface area contributed by atoms with Crippen molar-refractivity contribution in [1.29, 1.82) is 0 Å². The number of allylic oxidation sites excluding steroid dienone is 4. The monoisotopic (exact) mass is 138 g/mol. The lowest BCUT2D eigenvalue weighted by Gasteiger charge is -2.10. The molecule has 0 aliphatic heterocycles. The van der Waals surface area contributed by atoms with Crippen molar-refractivity contribution < 1.29 is 4.74 Å². The summed E-state index contributed by atoms with van der Waals surface area (Å²) in [6.45, 7) is 2.17. The van der Waals surface area contributed by atoms with Crippen LogP contribution in [0.1, 0.15) is 26.2 Å². The lowest BCUT2D eigenvalue weighted by Crippen LogP contribution is -1.93. The van der Waals surface area contributed by atoms with E-state index in [9.17, 15) is 0 Å². The van der Waals surface area contributed by atoms with Crippen LogP contribution in [0.25, 0.3) is 0 Å². The van der Waals surface area contributed by atoms with Gasteiger partial charge in [0.05, 0.1) is 12.9 Å². The van der Waals surface area contributed by atoms with Gasteiger partial charge in [-0.05, 0) is 24.5 Å². The highest BCUT2D eigenvalue weighted by atomic mass is 16.5. The van der Waals surface area contributed by atoms with E-state index in [1.165, 1.54) is 5.57 Å². The molecule has 1 nitrogen and oxygen atoms in total. The van der Waals surface area contributed by atoms with Crippen LogP contribution in [0, 0.1) is 0 Å². The first kappa shape index (κ1) is 7.39. The Morgan fingerprint density at radius 1 is 1.60 bits per heavy atom. The van der Waals surface area contributed by atoms with Gasteiger partial charge >= 0.3 is 0 Å². The number of methoxy groups -OCH3 is 1. The maximum Gasteiger partial charge on any atom is 0.0961 e. The molecule has 0 heterocycles. The molecular weight excluding hydrogens is 124 g/mol. The second-order valence-electron chi connectivity index (χ2n) is 2.49. The first-order chi connectivity index (χ1) is 4.86. The van der Waals surface area contributed by atoms with Crippen LogP contribution in [0.2, 0.25) is 0 Å². The van der Waals surface area contributed by atoms with E-state index in [2.05, 4.69) is 19.1 Å². The molecule has 1 rings (SSSR count). The molecule has 1 aliphatic rings. The van der Waals surface area contributed by atoms with Gasteiger partial charge in [-0.15, -0.1) is 0 Å². The SMILES string of the molecule is CCC1=CCCC(OC)=C1. The van der Waals surface area contributed by atoms with Crippen molar-refractivity contribution in [2.45, 2.75) is 26.2 Å². The molecule has 1 heteroatoms. The van der Waals surface area contributed by atoms with E-state index in [0.717, 1.165) is 25.0 Å². The fourth-order valence-electron chi connectivity index (χ4n) is 1.15. The van der Waals surface area contributed by atoms with E-state index in [-0.39, 0.29) is 0 Å². The van der Waals surface area contributed by atoms with Gasteiger partial charge in [-0.1, -0.05) is 13.0 Å². The summed E-state index contributed by atoms with van der Waals surface area (Å²) in [5, 5.41) is 0. The summed E-state index contributed by atoms with van der Waals surface area (Å²) in [6.07, 6.45) is 7.75. The van der Waals surface area contributed by atoms with E-state index < -0.39 is 0 Å². The number of hydrogen-bond acceptors (Lipinski definition) is 1. The highest BCUT2D eigenvalue weighted by molar-refractivity contribution is 5.24. The molecule has 0 saturated heterocycles. The van der Waals surface area contributed by atoms with Gasteiger partial charge in [0.15, 0.2) is 0 Å². The first-order valence-electron chi connectivity index (χ1n) is 3.80. The summed E-state index contributed by atoms with van der Waals surface area (Å²) in [5.74, 6) is 1.12. The largest absolute Gasteiger partial charge is 0.501 e. The molecule has 0 radical (unpaired) electrons. The second kappa shape index (κ2) is 3.45. The standard InChI is InChI=1S/C9H14O/c1-3-8-5-4-6-9(7-8)10-2/h5,7H,3-4,6H2,1-2H3. The van der Waals surface area contributed by atoms with E-state index in [4.69, 9.17) is 4.74 Å². The van der Waals surface area contributed by atoms with Crippen molar-refractivity contribution in [3.63, 3.8) is 0 Å². The minimum absolute atomic E-state index is 1.07. The van der Waals surface area contributed by atoms with E-state index in [1.807, 2.05) is 0 Å². The van der Waals surface area contributed by atoms with Gasteiger partial charge in [0.1, 0.15) is 0 Å². The normalized spacial score (nSPS) is 17.8. The van der Waals surface area contributed by atoms with E-state index in [0.29, 0.717) is 0 Å². The molecule has 0 aromatic carbocycles. The first-order valence-corrected chi connectivity index (χ1v) is 3.80. The predicted molar refractivity (Wildman–Crippen MR) is 42.7 cm³/mol. The Balaban J connectivity index is 2.61. The molecule has 0 saturated carbocycles. The second-order valence-corrected chi connectivity index (χ2v) is 2.49. The molecule has 56 valence electrons. The molecule has 0 fully saturated rings. The molecule has 1 aliphatic carbocycles. The van der Waals surface area contributed by atoms with Crippen LogP contribution in [0.5, 0.6) is 0 Å². The highest BCUT2D eigenvalue weighted by Crippen LogP contribution is 2.18. The van der Waals surface area contributed by atoms with Crippen molar-refractivity contribution in [2.24, 2.45) is 0 Å². The highest BCUT2D eigenvalue weighted by Gasteiger charge is 2.02. The van der Waals surface area contributed by atoms with Crippen molar-refractivity contribution in [3.8, 4) is 0 Å². The molecule has 10 heavy (non-hydrogen) atoms. The molecule has 0 amide bonds. The van der Waals surface area contributed by atoms with Gasteiger partial charge in [-0.2, -0.15) is 0 Å². The third kappa shape index (κ3) is 1.63. The zero-order valence-electron chi connectivity index (χ0n) is 6.68. The van der Waals surface area contributed by atoms with Gasteiger partial charge in [0.2, 0.25) is 0 Å². The quantitative estimate of drug-likeness (QED) is 0.570. The maximum atomic E-state index is 5.14. The number of hydrogen-bond donors (Lipinski definition) is 0. The van der Waals surface area contributed by atoms with Crippen LogP contribution in [-0.2, 0) is 4.74 Å². The van der Waals surface area contributed by atoms with Crippen molar-refractivity contribution in [2.75, 3.05) is 7.11 Å². The molecule has 0 atom stereocenters. The van der Waals surface area contributed by atoms with Crippen LogP contribution in [0.4, 0.5) is 0 Å². The Morgan fingerprint density at radius 3 is 3.00 bits per heavy atom. The van der Waals surface area contributed by atoms with E-state index in [1.54, 1.807) is 7.11 Å². The minimum atomic E-state index is 1.07. The summed E-state index contributed by atoms with van der Waals surface area (Å²) in [6, 6.07) is 0. The molecule has 0 unspecified atom stereocenters. The lowest BCUT2D eigenvalue weighted by molar-refractivity contribution is 0.276. The summed E-state index contributed by atoms with van der Waals surface area (Å²) < 4.78 is 5.14. The van der Waals surface area contributed by atoms with Crippen molar-refractivity contribution in [1.82, 2.24) is 0 Å². The van der Waals surface area contributed by atoms with Crippen LogP contribution in [0.15, 0.2) is 23.5 Å². The predicted octanol–water partition coefficient (Wildman–Crippen LogP) is 2.65. The van der Waals surface area contributed by atoms with Crippen molar-refractivity contribution in [3.05, 3.63) is 23.5 Å². The summed E-state index contributed by atoms with van der Waals surface area (Å²) in [5.41, 5.74) is 1.41. The number of ether oxygens (including phenoxy) is 1. The average Bonchev–Trinajstić information content (AvgIpc) is 2.05. The fourth-order valence-corrected chi connectivity index (χ4v) is 1.15. The summed E-state index contributed by atoms with van der Waals surface area (Å²) in [4.78, 5) is 0. The Morgan fingerprint density at radius 2 is 2.40 bits per heavy atom. The van der Waals surface area contributed by atoms with Gasteiger partial charge in [-0.3, -0.25) is 0 Å².